The van der Waals surface area contributed by atoms with Gasteiger partial charge < -0.3 is 10.2 Å². The summed E-state index contributed by atoms with van der Waals surface area (Å²) in [6.07, 6.45) is 0. The number of fused-ring (bicyclic) bond motifs is 1. The van der Waals surface area contributed by atoms with Crippen LogP contribution in [0.25, 0.3) is 0 Å². The molecule has 6 nitrogen and oxygen atoms in total. The number of carbonyl (C=O) groups is 1. The van der Waals surface area contributed by atoms with Crippen molar-refractivity contribution in [3.05, 3.63) is 58.9 Å². The van der Waals surface area contributed by atoms with Crippen molar-refractivity contribution in [1.29, 1.82) is 0 Å². The third kappa shape index (κ3) is 4.19. The van der Waals surface area contributed by atoms with E-state index in [1.54, 1.807) is 41.3 Å². The van der Waals surface area contributed by atoms with Crippen LogP contribution in [0, 0.1) is 12.7 Å². The van der Waals surface area contributed by atoms with Crippen LogP contribution in [0.3, 0.4) is 0 Å². The van der Waals surface area contributed by atoms with Crippen LogP contribution in [-0.4, -0.2) is 48.8 Å². The molecule has 0 bridgehead atoms. The summed E-state index contributed by atoms with van der Waals surface area (Å²) >= 11 is 7.25. The monoisotopic (exact) mass is 467 g/mol. The first-order chi connectivity index (χ1) is 14.2. The predicted octanol–water partition coefficient (Wildman–Crippen LogP) is 3.50. The third-order valence-corrected chi connectivity index (χ3v) is 8.17. The molecule has 2 aromatic rings. The first kappa shape index (κ1) is 21.1. The highest BCUT2D eigenvalue weighted by molar-refractivity contribution is 8.14. The number of benzene rings is 2. The Morgan fingerprint density at radius 3 is 2.80 bits per heavy atom. The SMILES string of the molecule is Cc1c(Cl)cccc1NC(=O)CSC1=N[C@H]2CS(=O)(=O)C[C@@H]2N1c1ccccc1F. The van der Waals surface area contributed by atoms with Gasteiger partial charge in [-0.25, -0.2) is 12.8 Å². The van der Waals surface area contributed by atoms with Crippen LogP contribution in [0.15, 0.2) is 47.5 Å². The largest absolute Gasteiger partial charge is 0.325 e. The number of anilines is 2. The number of amides is 1. The lowest BCUT2D eigenvalue weighted by Gasteiger charge is -2.26. The summed E-state index contributed by atoms with van der Waals surface area (Å²) in [7, 11) is -3.24. The molecule has 0 radical (unpaired) electrons. The molecule has 2 heterocycles. The molecule has 0 aromatic heterocycles. The molecule has 2 aromatic carbocycles. The molecule has 0 unspecified atom stereocenters. The van der Waals surface area contributed by atoms with Gasteiger partial charge in [0, 0.05) is 10.7 Å². The highest BCUT2D eigenvalue weighted by Crippen LogP contribution is 2.36. The van der Waals surface area contributed by atoms with Crippen LogP contribution in [0.5, 0.6) is 0 Å². The average Bonchev–Trinajstić information content (AvgIpc) is 3.15. The lowest BCUT2D eigenvalue weighted by atomic mass is 10.1. The molecule has 1 fully saturated rings. The Morgan fingerprint density at radius 1 is 1.27 bits per heavy atom. The maximum absolute atomic E-state index is 14.5. The summed E-state index contributed by atoms with van der Waals surface area (Å²) in [5, 5.41) is 3.82. The Kier molecular flexibility index (Phi) is 5.78. The second-order valence-corrected chi connectivity index (χ2v) is 10.7. The molecule has 2 atom stereocenters. The van der Waals surface area contributed by atoms with Gasteiger partial charge in [-0.1, -0.05) is 41.6 Å². The molecule has 2 aliphatic rings. The van der Waals surface area contributed by atoms with Gasteiger partial charge in [0.2, 0.25) is 5.91 Å². The lowest BCUT2D eigenvalue weighted by molar-refractivity contribution is -0.113. The van der Waals surface area contributed by atoms with E-state index in [2.05, 4.69) is 10.3 Å². The van der Waals surface area contributed by atoms with Gasteiger partial charge in [-0.15, -0.1) is 0 Å². The summed E-state index contributed by atoms with van der Waals surface area (Å²) in [5.41, 5.74) is 1.65. The molecule has 0 saturated carbocycles. The first-order valence-corrected chi connectivity index (χ1v) is 12.4. The molecule has 30 heavy (non-hydrogen) atoms. The molecular weight excluding hydrogens is 449 g/mol. The van der Waals surface area contributed by atoms with Crippen molar-refractivity contribution >= 4 is 55.6 Å². The molecule has 0 spiro atoms. The van der Waals surface area contributed by atoms with Crippen molar-refractivity contribution in [3.8, 4) is 0 Å². The standard InChI is InChI=1S/C20H19ClFN3O3S2/c1-12-13(21)5-4-7-15(12)23-19(26)9-29-20-24-16-10-30(27,28)11-18(16)25(20)17-8-3-2-6-14(17)22/h2-8,16,18H,9-11H2,1H3,(H,23,26)/t16-,18-/m0/s1. The van der Waals surface area contributed by atoms with Gasteiger partial charge >= 0.3 is 0 Å². The molecule has 2 aliphatic heterocycles. The fraction of sp³-hybridized carbons (Fsp3) is 0.300. The zero-order valence-corrected chi connectivity index (χ0v) is 18.4. The maximum atomic E-state index is 14.5. The third-order valence-electron chi connectivity index (χ3n) is 5.09. The first-order valence-electron chi connectivity index (χ1n) is 9.25. The molecular formula is C20H19ClFN3O3S2. The van der Waals surface area contributed by atoms with Crippen molar-refractivity contribution in [2.45, 2.75) is 19.0 Å². The van der Waals surface area contributed by atoms with E-state index in [1.165, 1.54) is 6.07 Å². The number of aliphatic imine (C=N–C) groups is 1. The predicted molar refractivity (Wildman–Crippen MR) is 120 cm³/mol. The van der Waals surface area contributed by atoms with Crippen LogP contribution < -0.4 is 10.2 Å². The number of para-hydroxylation sites is 1. The van der Waals surface area contributed by atoms with Crippen LogP contribution in [0.4, 0.5) is 15.8 Å². The number of amidine groups is 1. The van der Waals surface area contributed by atoms with E-state index in [1.807, 2.05) is 6.92 Å². The number of hydrogen-bond acceptors (Lipinski definition) is 6. The molecule has 1 amide bonds. The Labute approximate surface area is 183 Å². The van der Waals surface area contributed by atoms with E-state index in [-0.39, 0.29) is 28.9 Å². The van der Waals surface area contributed by atoms with Crippen LogP contribution in [0.1, 0.15) is 5.56 Å². The van der Waals surface area contributed by atoms with E-state index in [9.17, 15) is 17.6 Å². The zero-order valence-electron chi connectivity index (χ0n) is 16.0. The van der Waals surface area contributed by atoms with Crippen molar-refractivity contribution in [2.75, 3.05) is 27.5 Å². The topological polar surface area (TPSA) is 78.8 Å². The van der Waals surface area contributed by atoms with E-state index in [0.29, 0.717) is 15.9 Å². The fourth-order valence-corrected chi connectivity index (χ4v) is 6.56. The summed E-state index contributed by atoms with van der Waals surface area (Å²) in [6.45, 7) is 1.81. The van der Waals surface area contributed by atoms with Crippen LogP contribution in [0.2, 0.25) is 5.02 Å². The van der Waals surface area contributed by atoms with Crippen LogP contribution >= 0.6 is 23.4 Å². The van der Waals surface area contributed by atoms with Crippen molar-refractivity contribution in [1.82, 2.24) is 0 Å². The summed E-state index contributed by atoms with van der Waals surface area (Å²) in [5.74, 6) is -0.836. The second kappa shape index (κ2) is 8.20. The Bertz CT molecular complexity index is 1140. The van der Waals surface area contributed by atoms with Gasteiger partial charge in [-0.2, -0.15) is 0 Å². The Balaban J connectivity index is 1.52. The number of nitrogens with one attached hydrogen (secondary N) is 1. The average molecular weight is 468 g/mol. The number of thioether (sulfide) groups is 1. The normalized spacial score (nSPS) is 22.0. The fourth-order valence-electron chi connectivity index (χ4n) is 3.62. The van der Waals surface area contributed by atoms with E-state index >= 15 is 0 Å². The van der Waals surface area contributed by atoms with Gasteiger partial charge in [0.05, 0.1) is 35.0 Å². The maximum Gasteiger partial charge on any atom is 0.234 e. The molecule has 1 N–H and O–H groups in total. The highest BCUT2D eigenvalue weighted by atomic mass is 35.5. The number of sulfone groups is 1. The van der Waals surface area contributed by atoms with E-state index < -0.39 is 27.7 Å². The number of halogens is 2. The summed E-state index contributed by atoms with van der Waals surface area (Å²) in [4.78, 5) is 18.6. The van der Waals surface area contributed by atoms with Gasteiger partial charge in [0.1, 0.15) is 5.82 Å². The lowest BCUT2D eigenvalue weighted by Crippen LogP contribution is -2.40. The van der Waals surface area contributed by atoms with E-state index in [4.69, 9.17) is 11.6 Å². The minimum absolute atomic E-state index is 0.0436. The molecule has 4 rings (SSSR count). The quantitative estimate of drug-likeness (QED) is 0.744. The number of nitrogens with zero attached hydrogens (tertiary/aromatic N) is 2. The second-order valence-electron chi connectivity index (χ2n) is 7.19. The zero-order chi connectivity index (χ0) is 21.5. The van der Waals surface area contributed by atoms with E-state index in [0.717, 1.165) is 17.3 Å². The van der Waals surface area contributed by atoms with Crippen molar-refractivity contribution in [3.63, 3.8) is 0 Å². The number of hydrogen-bond donors (Lipinski definition) is 1. The van der Waals surface area contributed by atoms with Gasteiger partial charge in [0.25, 0.3) is 0 Å². The molecule has 1 saturated heterocycles. The minimum Gasteiger partial charge on any atom is -0.325 e. The minimum atomic E-state index is -3.24. The number of rotatable bonds is 4. The summed E-state index contributed by atoms with van der Waals surface area (Å²) in [6, 6.07) is 10.5. The van der Waals surface area contributed by atoms with Crippen LogP contribution in [-0.2, 0) is 14.6 Å². The van der Waals surface area contributed by atoms with Gasteiger partial charge in [-0.05, 0) is 36.8 Å². The molecule has 10 heteroatoms. The summed E-state index contributed by atoms with van der Waals surface area (Å²) < 4.78 is 38.6. The Morgan fingerprint density at radius 2 is 2.03 bits per heavy atom. The highest BCUT2D eigenvalue weighted by Gasteiger charge is 2.47. The molecule has 0 aliphatic carbocycles. The smallest absolute Gasteiger partial charge is 0.234 e. The number of carbonyl (C=O) groups excluding carboxylic acids is 1. The molecule has 158 valence electrons. The van der Waals surface area contributed by atoms with Crippen molar-refractivity contribution in [2.24, 2.45) is 4.99 Å². The van der Waals surface area contributed by atoms with Gasteiger partial charge in [0.15, 0.2) is 15.0 Å². The van der Waals surface area contributed by atoms with Crippen molar-refractivity contribution < 1.29 is 17.6 Å². The Hall–Kier alpha value is -2.10. The van der Waals surface area contributed by atoms with Gasteiger partial charge in [-0.3, -0.25) is 9.79 Å².